The average Bonchev–Trinajstić information content (AvgIpc) is 2.78. The van der Waals surface area contributed by atoms with Crippen LogP contribution >= 0.6 is 0 Å². The molecule has 2 aromatic carbocycles. The van der Waals surface area contributed by atoms with Crippen molar-refractivity contribution in [3.05, 3.63) is 82.5 Å². The van der Waals surface area contributed by atoms with Gasteiger partial charge in [0.25, 0.3) is 0 Å². The Morgan fingerprint density at radius 1 is 0.868 bits per heavy atom. The number of aliphatic imine (C=N–C) groups is 1. The van der Waals surface area contributed by atoms with E-state index in [2.05, 4.69) is 103 Å². The SMILES string of the molecule is CC(=Nc1c(C(C)C)cccc1C(C)C)c1cccc(-c2c(C)cccc2C)n1.O=S(=O)([O-])C(F)(F)F.[Cu+]. The van der Waals surface area contributed by atoms with Gasteiger partial charge >= 0.3 is 22.6 Å². The molecule has 0 amide bonds. The number of pyridine rings is 1. The topological polar surface area (TPSA) is 82.5 Å². The Labute approximate surface area is 233 Å². The van der Waals surface area contributed by atoms with Gasteiger partial charge in [0.1, 0.15) is 0 Å². The van der Waals surface area contributed by atoms with Crippen LogP contribution in [0.15, 0.2) is 59.6 Å². The van der Waals surface area contributed by atoms with Crippen LogP contribution in [0.2, 0.25) is 0 Å². The van der Waals surface area contributed by atoms with Crippen molar-refractivity contribution < 1.29 is 43.2 Å². The maximum absolute atomic E-state index is 10.7. The largest absolute Gasteiger partial charge is 1.00 e. The minimum atomic E-state index is -6.09. The Morgan fingerprint density at radius 2 is 1.29 bits per heavy atom. The third-order valence-corrected chi connectivity index (χ3v) is 6.33. The summed E-state index contributed by atoms with van der Waals surface area (Å²) in [5.41, 5.74) is 4.64. The standard InChI is InChI=1S/C27H32N2.CHF3O3S.Cu/c1-17(2)22-13-9-14-23(18(3)4)27(22)28-21(7)24-15-10-16-25(29-24)26-19(5)11-8-12-20(26)6;2-1(3,4)8(5,6)7;/h8-18H,1-7H3;(H,5,6,7);/q;;+1/p-1. The van der Waals surface area contributed by atoms with Gasteiger partial charge in [-0.1, -0.05) is 70.2 Å². The molecule has 210 valence electrons. The molecule has 0 saturated heterocycles. The smallest absolute Gasteiger partial charge is 0.741 e. The number of halogens is 3. The van der Waals surface area contributed by atoms with Crippen LogP contribution in [0.5, 0.6) is 0 Å². The second-order valence-corrected chi connectivity index (χ2v) is 10.7. The summed E-state index contributed by atoms with van der Waals surface area (Å²) in [6.45, 7) is 15.3. The zero-order chi connectivity index (χ0) is 28.1. The van der Waals surface area contributed by atoms with Gasteiger partial charge < -0.3 is 4.55 Å². The van der Waals surface area contributed by atoms with Crippen molar-refractivity contribution in [2.75, 3.05) is 0 Å². The van der Waals surface area contributed by atoms with Crippen molar-refractivity contribution in [3.8, 4) is 11.3 Å². The summed E-state index contributed by atoms with van der Waals surface area (Å²) in [5, 5.41) is 0. The van der Waals surface area contributed by atoms with Crippen molar-refractivity contribution in [3.63, 3.8) is 0 Å². The summed E-state index contributed by atoms with van der Waals surface area (Å²) in [7, 11) is -6.09. The van der Waals surface area contributed by atoms with E-state index in [1.807, 2.05) is 0 Å². The van der Waals surface area contributed by atoms with E-state index in [1.165, 1.54) is 27.8 Å². The third-order valence-electron chi connectivity index (χ3n) is 5.76. The van der Waals surface area contributed by atoms with Gasteiger partial charge in [-0.05, 0) is 67.0 Å². The zero-order valence-electron chi connectivity index (χ0n) is 22.3. The fraction of sp³-hybridized carbons (Fsp3) is 0.357. The number of para-hydroxylation sites is 1. The molecule has 0 aliphatic heterocycles. The fourth-order valence-electron chi connectivity index (χ4n) is 3.86. The van der Waals surface area contributed by atoms with Gasteiger partial charge in [0.2, 0.25) is 0 Å². The number of rotatable bonds is 5. The van der Waals surface area contributed by atoms with Crippen LogP contribution in [0.1, 0.15) is 74.4 Å². The third kappa shape index (κ3) is 8.49. The Morgan fingerprint density at radius 3 is 1.71 bits per heavy atom. The second-order valence-electron chi connectivity index (χ2n) is 9.37. The molecular formula is C28H32CuF3N2O3S. The molecule has 5 nitrogen and oxygen atoms in total. The van der Waals surface area contributed by atoms with E-state index in [0.29, 0.717) is 11.8 Å². The normalized spacial score (nSPS) is 12.2. The number of alkyl halides is 3. The molecule has 0 N–H and O–H groups in total. The van der Waals surface area contributed by atoms with Crippen LogP contribution in [-0.4, -0.2) is 29.2 Å². The molecule has 3 aromatic rings. The molecule has 0 radical (unpaired) electrons. The van der Waals surface area contributed by atoms with Crippen LogP contribution in [0, 0.1) is 13.8 Å². The maximum atomic E-state index is 10.7. The number of nitrogens with zero attached hydrogens (tertiary/aromatic N) is 2. The van der Waals surface area contributed by atoms with Crippen molar-refractivity contribution in [1.29, 1.82) is 0 Å². The zero-order valence-corrected chi connectivity index (χ0v) is 24.1. The van der Waals surface area contributed by atoms with Crippen molar-refractivity contribution in [2.24, 2.45) is 4.99 Å². The quantitative estimate of drug-likeness (QED) is 0.130. The van der Waals surface area contributed by atoms with E-state index >= 15 is 0 Å². The van der Waals surface area contributed by atoms with Crippen molar-refractivity contribution in [1.82, 2.24) is 4.98 Å². The van der Waals surface area contributed by atoms with Crippen molar-refractivity contribution in [2.45, 2.75) is 65.8 Å². The predicted octanol–water partition coefficient (Wildman–Crippen LogP) is 7.80. The predicted molar refractivity (Wildman–Crippen MR) is 141 cm³/mol. The fourth-order valence-corrected chi connectivity index (χ4v) is 3.86. The molecule has 0 bridgehead atoms. The van der Waals surface area contributed by atoms with Crippen molar-refractivity contribution >= 4 is 21.5 Å². The van der Waals surface area contributed by atoms with E-state index < -0.39 is 15.6 Å². The molecule has 1 heterocycles. The minimum absolute atomic E-state index is 0. The first-order valence-electron chi connectivity index (χ1n) is 11.8. The molecule has 3 rings (SSSR count). The van der Waals surface area contributed by atoms with Crippen LogP contribution < -0.4 is 0 Å². The van der Waals surface area contributed by atoms with Crippen LogP contribution in [0.3, 0.4) is 0 Å². The number of aryl methyl sites for hydroxylation is 2. The first-order valence-corrected chi connectivity index (χ1v) is 13.2. The summed E-state index contributed by atoms with van der Waals surface area (Å²) in [4.78, 5) is 10.1. The monoisotopic (exact) mass is 596 g/mol. The average molecular weight is 597 g/mol. The van der Waals surface area contributed by atoms with Gasteiger partial charge in [-0.15, -0.1) is 0 Å². The number of benzene rings is 2. The number of hydrogen-bond donors (Lipinski definition) is 0. The van der Waals surface area contributed by atoms with Crippen LogP contribution in [-0.2, 0) is 27.2 Å². The minimum Gasteiger partial charge on any atom is -0.741 e. The molecule has 0 spiro atoms. The number of hydrogen-bond acceptors (Lipinski definition) is 5. The Kier molecular flexibility index (Phi) is 11.9. The molecule has 1 aromatic heterocycles. The van der Waals surface area contributed by atoms with Gasteiger partial charge in [-0.25, -0.2) is 13.4 Å². The summed E-state index contributed by atoms with van der Waals surface area (Å²) in [6.07, 6.45) is 0. The van der Waals surface area contributed by atoms with Crippen LogP contribution in [0.25, 0.3) is 11.3 Å². The molecule has 38 heavy (non-hydrogen) atoms. The Hall–Kier alpha value is -2.52. The van der Waals surface area contributed by atoms with Gasteiger partial charge in [-0.3, -0.25) is 4.99 Å². The van der Waals surface area contributed by atoms with E-state index in [0.717, 1.165) is 22.8 Å². The first-order chi connectivity index (χ1) is 17.0. The molecule has 0 saturated carbocycles. The number of aromatic nitrogens is 1. The first kappa shape index (κ1) is 33.5. The van der Waals surface area contributed by atoms with Gasteiger partial charge in [0.15, 0.2) is 10.1 Å². The van der Waals surface area contributed by atoms with E-state index in [-0.39, 0.29) is 17.1 Å². The molecule has 0 aliphatic carbocycles. The summed E-state index contributed by atoms with van der Waals surface area (Å²) in [6, 6.07) is 19.2. The molecule has 0 atom stereocenters. The Balaban J connectivity index is 0.000000699. The molecule has 0 aliphatic rings. The molecular weight excluding hydrogens is 565 g/mol. The summed E-state index contributed by atoms with van der Waals surface area (Å²) in [5.74, 6) is 0.850. The van der Waals surface area contributed by atoms with E-state index in [1.54, 1.807) is 0 Å². The van der Waals surface area contributed by atoms with Gasteiger partial charge in [0, 0.05) is 5.56 Å². The maximum Gasteiger partial charge on any atom is 1.00 e. The van der Waals surface area contributed by atoms with E-state index in [9.17, 15) is 13.2 Å². The molecule has 10 heteroatoms. The van der Waals surface area contributed by atoms with Crippen LogP contribution in [0.4, 0.5) is 18.9 Å². The Bertz CT molecular complexity index is 1340. The summed E-state index contributed by atoms with van der Waals surface area (Å²) >= 11 is 0. The summed E-state index contributed by atoms with van der Waals surface area (Å²) < 4.78 is 58.9. The molecule has 0 fully saturated rings. The van der Waals surface area contributed by atoms with Gasteiger partial charge in [0.05, 0.1) is 22.8 Å². The van der Waals surface area contributed by atoms with E-state index in [4.69, 9.17) is 22.9 Å². The van der Waals surface area contributed by atoms with Gasteiger partial charge in [-0.2, -0.15) is 13.2 Å². The second kappa shape index (κ2) is 13.5. The molecule has 0 unspecified atom stereocenters.